The van der Waals surface area contributed by atoms with E-state index in [1.54, 1.807) is 10.1 Å². The molecule has 0 N–H and O–H groups in total. The first kappa shape index (κ1) is 19.3. The molecule has 0 amide bonds. The number of hydrogen-bond donors (Lipinski definition) is 0. The number of rotatable bonds is 4. The zero-order chi connectivity index (χ0) is 22.0. The standard InChI is InChI=1S/C29H22N2O2/c1-3-7-26(8-4-1)30-17-15-24-20-22(11-13-28(24)32-30)19-23-12-14-29-25(21-23)16-18-31(33-29)27-9-5-2-6-10-27/h1-18,20-21H,19H2. The van der Waals surface area contributed by atoms with Gasteiger partial charge in [-0.15, -0.1) is 0 Å². The molecule has 4 aromatic carbocycles. The van der Waals surface area contributed by atoms with Crippen LogP contribution in [0.5, 0.6) is 11.5 Å². The molecule has 2 aliphatic rings. The Balaban J connectivity index is 1.18. The van der Waals surface area contributed by atoms with E-state index in [-0.39, 0.29) is 0 Å². The molecule has 0 aromatic heterocycles. The largest absolute Gasteiger partial charge is 0.375 e. The Morgan fingerprint density at radius 3 is 1.42 bits per heavy atom. The fourth-order valence-corrected chi connectivity index (χ4v) is 4.07. The van der Waals surface area contributed by atoms with Crippen molar-refractivity contribution in [3.63, 3.8) is 0 Å². The molecular formula is C29H22N2O2. The third-order valence-electron chi connectivity index (χ3n) is 5.75. The lowest BCUT2D eigenvalue weighted by molar-refractivity contribution is 0.315. The average molecular weight is 431 g/mol. The topological polar surface area (TPSA) is 24.9 Å². The van der Waals surface area contributed by atoms with E-state index in [2.05, 4.69) is 36.4 Å². The van der Waals surface area contributed by atoms with Crippen LogP contribution >= 0.6 is 0 Å². The summed E-state index contributed by atoms with van der Waals surface area (Å²) in [4.78, 5) is 12.1. The summed E-state index contributed by atoms with van der Waals surface area (Å²) >= 11 is 0. The van der Waals surface area contributed by atoms with Crippen molar-refractivity contribution in [3.8, 4) is 11.5 Å². The Kier molecular flexibility index (Phi) is 4.81. The molecule has 0 bridgehead atoms. The van der Waals surface area contributed by atoms with Crippen molar-refractivity contribution in [1.29, 1.82) is 0 Å². The van der Waals surface area contributed by atoms with E-state index in [1.165, 1.54) is 11.1 Å². The predicted molar refractivity (Wildman–Crippen MR) is 133 cm³/mol. The molecule has 2 heterocycles. The number of para-hydroxylation sites is 2. The average Bonchev–Trinajstić information content (AvgIpc) is 2.89. The van der Waals surface area contributed by atoms with Gasteiger partial charge in [-0.1, -0.05) is 48.5 Å². The summed E-state index contributed by atoms with van der Waals surface area (Å²) in [6, 6.07) is 32.8. The molecule has 0 unspecified atom stereocenters. The number of nitrogens with zero attached hydrogens (tertiary/aromatic N) is 2. The number of hydroxylamine groups is 2. The van der Waals surface area contributed by atoms with E-state index in [0.717, 1.165) is 40.4 Å². The predicted octanol–water partition coefficient (Wildman–Crippen LogP) is 6.85. The van der Waals surface area contributed by atoms with Gasteiger partial charge in [0.25, 0.3) is 0 Å². The quantitative estimate of drug-likeness (QED) is 0.354. The van der Waals surface area contributed by atoms with Gasteiger partial charge in [0, 0.05) is 23.5 Å². The van der Waals surface area contributed by atoms with Crippen LogP contribution < -0.4 is 19.8 Å². The van der Waals surface area contributed by atoms with Crippen molar-refractivity contribution >= 4 is 23.5 Å². The van der Waals surface area contributed by atoms with Gasteiger partial charge in [-0.2, -0.15) is 10.1 Å². The molecule has 0 fully saturated rings. The van der Waals surface area contributed by atoms with Crippen molar-refractivity contribution in [1.82, 2.24) is 0 Å². The number of hydrogen-bond acceptors (Lipinski definition) is 4. The van der Waals surface area contributed by atoms with E-state index in [1.807, 2.05) is 85.2 Å². The summed E-state index contributed by atoms with van der Waals surface area (Å²) in [7, 11) is 0. The molecule has 0 saturated heterocycles. The normalized spacial score (nSPS) is 13.7. The van der Waals surface area contributed by atoms with E-state index in [4.69, 9.17) is 9.68 Å². The molecule has 0 radical (unpaired) electrons. The molecule has 4 nitrogen and oxygen atoms in total. The molecule has 160 valence electrons. The highest BCUT2D eigenvalue weighted by Gasteiger charge is 2.16. The Morgan fingerprint density at radius 1 is 0.515 bits per heavy atom. The minimum atomic E-state index is 0.840. The lowest BCUT2D eigenvalue weighted by Gasteiger charge is -2.26. The lowest BCUT2D eigenvalue weighted by Crippen LogP contribution is -2.23. The molecule has 0 saturated carbocycles. The van der Waals surface area contributed by atoms with Gasteiger partial charge in [-0.05, 0) is 78.2 Å². The highest BCUT2D eigenvalue weighted by Crippen LogP contribution is 2.32. The van der Waals surface area contributed by atoms with Crippen LogP contribution in [-0.4, -0.2) is 0 Å². The number of fused-ring (bicyclic) bond motifs is 2. The van der Waals surface area contributed by atoms with Crippen LogP contribution in [0.3, 0.4) is 0 Å². The second-order valence-electron chi connectivity index (χ2n) is 8.06. The molecule has 33 heavy (non-hydrogen) atoms. The zero-order valence-electron chi connectivity index (χ0n) is 18.0. The van der Waals surface area contributed by atoms with E-state index < -0.39 is 0 Å². The first-order chi connectivity index (χ1) is 16.3. The molecule has 0 aliphatic carbocycles. The summed E-state index contributed by atoms with van der Waals surface area (Å²) in [5, 5.41) is 3.58. The Hall–Kier alpha value is -4.44. The van der Waals surface area contributed by atoms with E-state index in [0.29, 0.717) is 0 Å². The van der Waals surface area contributed by atoms with Gasteiger partial charge in [0.2, 0.25) is 0 Å². The monoisotopic (exact) mass is 430 g/mol. The van der Waals surface area contributed by atoms with E-state index >= 15 is 0 Å². The SMILES string of the molecule is C1=CN(c2ccccc2)Oc2ccc(Cc3ccc4c(c3)C=CN(c3ccccc3)O4)cc21. The zero-order valence-corrected chi connectivity index (χ0v) is 18.0. The van der Waals surface area contributed by atoms with Crippen LogP contribution in [0.4, 0.5) is 11.4 Å². The van der Waals surface area contributed by atoms with Crippen LogP contribution in [0.2, 0.25) is 0 Å². The van der Waals surface area contributed by atoms with Crippen LogP contribution in [-0.2, 0) is 6.42 Å². The van der Waals surface area contributed by atoms with Crippen LogP contribution in [0.25, 0.3) is 12.2 Å². The summed E-state index contributed by atoms with van der Waals surface area (Å²) < 4.78 is 0. The highest BCUT2D eigenvalue weighted by atomic mass is 16.7. The van der Waals surface area contributed by atoms with Crippen molar-refractivity contribution in [3.05, 3.63) is 132 Å². The maximum absolute atomic E-state index is 6.06. The minimum absolute atomic E-state index is 0.840. The molecule has 0 atom stereocenters. The molecule has 4 heteroatoms. The second-order valence-corrected chi connectivity index (χ2v) is 8.06. The van der Waals surface area contributed by atoms with Gasteiger partial charge in [-0.3, -0.25) is 0 Å². The Morgan fingerprint density at radius 2 is 0.970 bits per heavy atom. The first-order valence-electron chi connectivity index (χ1n) is 11.0. The van der Waals surface area contributed by atoms with Gasteiger partial charge in [0.1, 0.15) is 0 Å². The van der Waals surface area contributed by atoms with E-state index in [9.17, 15) is 0 Å². The molecule has 4 aromatic rings. The van der Waals surface area contributed by atoms with Crippen molar-refractivity contribution in [2.24, 2.45) is 0 Å². The number of benzene rings is 4. The fourth-order valence-electron chi connectivity index (χ4n) is 4.07. The summed E-state index contributed by atoms with van der Waals surface area (Å²) in [5.41, 5.74) is 6.64. The van der Waals surface area contributed by atoms with Crippen molar-refractivity contribution < 1.29 is 9.68 Å². The van der Waals surface area contributed by atoms with Crippen LogP contribution in [0, 0.1) is 0 Å². The third kappa shape index (κ3) is 3.94. The molecule has 6 rings (SSSR count). The van der Waals surface area contributed by atoms with Gasteiger partial charge in [-0.25, -0.2) is 0 Å². The lowest BCUT2D eigenvalue weighted by atomic mass is 9.99. The van der Waals surface area contributed by atoms with Crippen LogP contribution in [0.15, 0.2) is 109 Å². The van der Waals surface area contributed by atoms with Gasteiger partial charge < -0.3 is 9.68 Å². The van der Waals surface area contributed by atoms with Crippen LogP contribution in [0.1, 0.15) is 22.3 Å². The number of anilines is 2. The van der Waals surface area contributed by atoms with Gasteiger partial charge >= 0.3 is 0 Å². The first-order valence-corrected chi connectivity index (χ1v) is 11.0. The highest BCUT2D eigenvalue weighted by molar-refractivity contribution is 5.67. The summed E-state index contributed by atoms with van der Waals surface area (Å²) in [6.45, 7) is 0. The maximum atomic E-state index is 6.06. The molecule has 2 aliphatic heterocycles. The Labute approximate surface area is 193 Å². The summed E-state index contributed by atoms with van der Waals surface area (Å²) in [6.07, 6.45) is 8.95. The minimum Gasteiger partial charge on any atom is -0.375 e. The molecule has 0 spiro atoms. The summed E-state index contributed by atoms with van der Waals surface area (Å²) in [5.74, 6) is 1.71. The van der Waals surface area contributed by atoms with Crippen molar-refractivity contribution in [2.45, 2.75) is 6.42 Å². The second kappa shape index (κ2) is 8.24. The van der Waals surface area contributed by atoms with Crippen molar-refractivity contribution in [2.75, 3.05) is 10.1 Å². The van der Waals surface area contributed by atoms with Gasteiger partial charge in [0.15, 0.2) is 11.5 Å². The molecular weight excluding hydrogens is 408 g/mol. The van der Waals surface area contributed by atoms with Gasteiger partial charge in [0.05, 0.1) is 11.4 Å². The maximum Gasteiger partial charge on any atom is 0.163 e. The third-order valence-corrected chi connectivity index (χ3v) is 5.75. The smallest absolute Gasteiger partial charge is 0.163 e. The fraction of sp³-hybridized carbons (Fsp3) is 0.0345. The Bertz CT molecular complexity index is 1240.